The molecule has 0 radical (unpaired) electrons. The molecule has 3 rings (SSSR count). The maximum Gasteiger partial charge on any atom is 0.275 e. The molecule has 1 aromatic carbocycles. The van der Waals surface area contributed by atoms with E-state index in [1.807, 2.05) is 31.2 Å². The molecule has 0 saturated heterocycles. The highest BCUT2D eigenvalue weighted by Crippen LogP contribution is 2.31. The molecule has 2 heterocycles. The van der Waals surface area contributed by atoms with E-state index in [0.29, 0.717) is 16.6 Å². The van der Waals surface area contributed by atoms with E-state index in [-0.39, 0.29) is 5.09 Å². The molecule has 0 aliphatic carbocycles. The van der Waals surface area contributed by atoms with Crippen molar-refractivity contribution in [3.05, 3.63) is 47.7 Å². The second kappa shape index (κ2) is 7.78. The largest absolute Gasteiger partial charge is 0.447 e. The number of aryl methyl sites for hydroxylation is 1. The Bertz CT molecular complexity index is 996. The number of aromatic nitrogens is 2. The Morgan fingerprint density at radius 1 is 1.23 bits per heavy atom. The Morgan fingerprint density at radius 2 is 2.04 bits per heavy atom. The van der Waals surface area contributed by atoms with Crippen LogP contribution in [-0.4, -0.2) is 37.0 Å². The van der Waals surface area contributed by atoms with Crippen LogP contribution in [-0.2, 0) is 15.8 Å². The number of furan rings is 1. The molecule has 0 fully saturated rings. The van der Waals surface area contributed by atoms with E-state index in [4.69, 9.17) is 4.42 Å². The summed E-state index contributed by atoms with van der Waals surface area (Å²) in [5, 5.41) is 12.1. The van der Waals surface area contributed by atoms with Crippen LogP contribution in [0.1, 0.15) is 11.3 Å². The zero-order chi connectivity index (χ0) is 18.7. The second-order valence-corrected chi connectivity index (χ2v) is 9.95. The number of hydrogen-bond donors (Lipinski definition) is 1. The van der Waals surface area contributed by atoms with Crippen molar-refractivity contribution in [2.45, 2.75) is 22.1 Å². The van der Waals surface area contributed by atoms with Crippen LogP contribution in [0.2, 0.25) is 0 Å². The minimum atomic E-state index is -3.55. The van der Waals surface area contributed by atoms with Crippen molar-refractivity contribution >= 4 is 43.9 Å². The van der Waals surface area contributed by atoms with Crippen molar-refractivity contribution in [1.82, 2.24) is 14.5 Å². The first-order valence-corrected chi connectivity index (χ1v) is 10.9. The standard InChI is InChI=1S/C16H18N4O3S3/c1-11-5-4-6-12(9-11)17-15-18-19-16(25-15)24-10-13-7-8-14(23-13)26(21,22)20(2)3/h4-9H,10H2,1-3H3,(H,17,18). The number of nitrogens with one attached hydrogen (secondary N) is 1. The molecule has 0 aliphatic rings. The Balaban J connectivity index is 1.61. The number of anilines is 2. The lowest BCUT2D eigenvalue weighted by Gasteiger charge is -2.07. The molecule has 0 atom stereocenters. The van der Waals surface area contributed by atoms with Crippen LogP contribution in [0, 0.1) is 6.92 Å². The van der Waals surface area contributed by atoms with Gasteiger partial charge in [-0.1, -0.05) is 35.2 Å². The molecule has 26 heavy (non-hydrogen) atoms. The van der Waals surface area contributed by atoms with Crippen LogP contribution < -0.4 is 5.32 Å². The number of hydrogen-bond acceptors (Lipinski definition) is 8. The van der Waals surface area contributed by atoms with Gasteiger partial charge in [0.25, 0.3) is 10.0 Å². The molecule has 0 aliphatic heterocycles. The molecule has 7 nitrogen and oxygen atoms in total. The van der Waals surface area contributed by atoms with Gasteiger partial charge in [0.1, 0.15) is 5.76 Å². The van der Waals surface area contributed by atoms with Gasteiger partial charge >= 0.3 is 0 Å². The molecule has 0 spiro atoms. The average Bonchev–Trinajstić information content (AvgIpc) is 3.22. The third-order valence-corrected chi connectivity index (χ3v) is 7.07. The van der Waals surface area contributed by atoms with Crippen LogP contribution in [0.5, 0.6) is 0 Å². The fraction of sp³-hybridized carbons (Fsp3) is 0.250. The van der Waals surface area contributed by atoms with Gasteiger partial charge < -0.3 is 9.73 Å². The Kier molecular flexibility index (Phi) is 5.66. The summed E-state index contributed by atoms with van der Waals surface area (Å²) in [4.78, 5) is 0. The van der Waals surface area contributed by atoms with Gasteiger partial charge in [-0.2, -0.15) is 0 Å². The summed E-state index contributed by atoms with van der Waals surface area (Å²) in [5.41, 5.74) is 2.12. The number of benzene rings is 1. The van der Waals surface area contributed by atoms with Crippen molar-refractivity contribution in [3.63, 3.8) is 0 Å². The quantitative estimate of drug-likeness (QED) is 0.594. The molecule has 0 unspecified atom stereocenters. The number of thioether (sulfide) groups is 1. The Morgan fingerprint density at radius 3 is 2.77 bits per heavy atom. The molecular formula is C16H18N4O3S3. The third-order valence-electron chi connectivity index (χ3n) is 3.39. The van der Waals surface area contributed by atoms with Crippen LogP contribution in [0.3, 0.4) is 0 Å². The third kappa shape index (κ3) is 4.44. The van der Waals surface area contributed by atoms with Crippen LogP contribution in [0.15, 0.2) is 50.2 Å². The summed E-state index contributed by atoms with van der Waals surface area (Å²) >= 11 is 2.87. The molecule has 138 valence electrons. The fourth-order valence-electron chi connectivity index (χ4n) is 2.05. The van der Waals surface area contributed by atoms with Crippen molar-refractivity contribution in [2.75, 3.05) is 19.4 Å². The maximum absolute atomic E-state index is 12.0. The predicted molar refractivity (Wildman–Crippen MR) is 104 cm³/mol. The van der Waals surface area contributed by atoms with Crippen LogP contribution in [0.4, 0.5) is 10.8 Å². The maximum atomic E-state index is 12.0. The van der Waals surface area contributed by atoms with E-state index in [1.54, 1.807) is 6.07 Å². The van der Waals surface area contributed by atoms with E-state index in [0.717, 1.165) is 19.9 Å². The molecule has 2 aromatic heterocycles. The smallest absolute Gasteiger partial charge is 0.275 e. The van der Waals surface area contributed by atoms with Gasteiger partial charge in [0.2, 0.25) is 10.2 Å². The molecule has 1 N–H and O–H groups in total. The van der Waals surface area contributed by atoms with Crippen molar-refractivity contribution in [3.8, 4) is 0 Å². The van der Waals surface area contributed by atoms with E-state index < -0.39 is 10.0 Å². The normalized spacial score (nSPS) is 11.8. The summed E-state index contributed by atoms with van der Waals surface area (Å²) in [6, 6.07) is 11.1. The minimum absolute atomic E-state index is 0.0582. The first-order chi connectivity index (χ1) is 12.3. The van der Waals surface area contributed by atoms with Crippen molar-refractivity contribution in [2.24, 2.45) is 0 Å². The van der Waals surface area contributed by atoms with E-state index in [2.05, 4.69) is 15.5 Å². The van der Waals surface area contributed by atoms with Gasteiger partial charge in [-0.3, -0.25) is 0 Å². The van der Waals surface area contributed by atoms with Crippen molar-refractivity contribution < 1.29 is 12.8 Å². The molecule has 0 saturated carbocycles. The van der Waals surface area contributed by atoms with Crippen LogP contribution in [0.25, 0.3) is 0 Å². The Hall–Kier alpha value is -1.88. The van der Waals surface area contributed by atoms with E-state index in [9.17, 15) is 8.42 Å². The zero-order valence-corrected chi connectivity index (χ0v) is 16.9. The van der Waals surface area contributed by atoms with Crippen molar-refractivity contribution in [1.29, 1.82) is 0 Å². The number of rotatable bonds is 7. The van der Waals surface area contributed by atoms with Gasteiger partial charge in [0.05, 0.1) is 5.75 Å². The molecular weight excluding hydrogens is 392 g/mol. The van der Waals surface area contributed by atoms with Gasteiger partial charge in [-0.05, 0) is 36.8 Å². The summed E-state index contributed by atoms with van der Waals surface area (Å²) in [7, 11) is -0.614. The summed E-state index contributed by atoms with van der Waals surface area (Å²) in [6.45, 7) is 2.03. The lowest BCUT2D eigenvalue weighted by molar-refractivity contribution is 0.408. The molecule has 0 bridgehead atoms. The lowest BCUT2D eigenvalue weighted by Crippen LogP contribution is -2.21. The highest BCUT2D eigenvalue weighted by atomic mass is 32.2. The summed E-state index contributed by atoms with van der Waals surface area (Å²) in [5.74, 6) is 1.04. The minimum Gasteiger partial charge on any atom is -0.447 e. The highest BCUT2D eigenvalue weighted by Gasteiger charge is 2.21. The van der Waals surface area contributed by atoms with E-state index in [1.165, 1.54) is 43.3 Å². The van der Waals surface area contributed by atoms with Crippen LogP contribution >= 0.6 is 23.1 Å². The van der Waals surface area contributed by atoms with Gasteiger partial charge in [0, 0.05) is 19.8 Å². The molecule has 0 amide bonds. The molecule has 10 heteroatoms. The zero-order valence-electron chi connectivity index (χ0n) is 14.5. The summed E-state index contributed by atoms with van der Waals surface area (Å²) < 4.78 is 31.4. The molecule has 3 aromatic rings. The summed E-state index contributed by atoms with van der Waals surface area (Å²) in [6.07, 6.45) is 0. The fourth-order valence-corrected chi connectivity index (χ4v) is 4.53. The number of sulfonamides is 1. The van der Waals surface area contributed by atoms with E-state index >= 15 is 0 Å². The lowest BCUT2D eigenvalue weighted by atomic mass is 10.2. The average molecular weight is 411 g/mol. The van der Waals surface area contributed by atoms with Gasteiger partial charge in [-0.25, -0.2) is 12.7 Å². The topological polar surface area (TPSA) is 88.3 Å². The Labute approximate surface area is 160 Å². The first-order valence-electron chi connectivity index (χ1n) is 7.66. The highest BCUT2D eigenvalue weighted by molar-refractivity contribution is 8.00. The monoisotopic (exact) mass is 410 g/mol. The predicted octanol–water partition coefficient (Wildman–Crippen LogP) is 3.73. The first kappa shape index (κ1) is 18.9. The SMILES string of the molecule is Cc1cccc(Nc2nnc(SCc3ccc(S(=O)(=O)N(C)C)o3)s2)c1. The van der Waals surface area contributed by atoms with Gasteiger partial charge in [-0.15, -0.1) is 10.2 Å². The number of nitrogens with zero attached hydrogens (tertiary/aromatic N) is 3. The van der Waals surface area contributed by atoms with Gasteiger partial charge in [0.15, 0.2) is 4.34 Å². The second-order valence-electron chi connectivity index (χ2n) is 5.66.